The molecular weight excluding hydrogens is 360 g/mol. The molecule has 0 atom stereocenters. The molecule has 3 rings (SSSR count). The largest absolute Gasteiger partial charge is 0.508 e. The Kier molecular flexibility index (Phi) is 5.31. The number of carbonyl (C=O) groups is 2. The Balaban J connectivity index is 1.77. The van der Waals surface area contributed by atoms with E-state index in [9.17, 15) is 19.8 Å². The number of esters is 2. The molecule has 3 aromatic rings. The van der Waals surface area contributed by atoms with Crippen LogP contribution in [0.3, 0.4) is 0 Å². The first-order valence-corrected chi connectivity index (χ1v) is 8.48. The molecule has 3 aromatic carbocycles. The van der Waals surface area contributed by atoms with Crippen LogP contribution in [0.25, 0.3) is 0 Å². The molecule has 0 radical (unpaired) electrons. The Hall–Kier alpha value is -3.80. The number of hydrogen-bond acceptors (Lipinski definition) is 6. The minimum absolute atomic E-state index is 0.0587. The van der Waals surface area contributed by atoms with Crippen LogP contribution in [0.5, 0.6) is 23.0 Å². The molecule has 6 heteroatoms. The van der Waals surface area contributed by atoms with Crippen molar-refractivity contribution in [3.8, 4) is 23.0 Å². The molecule has 0 amide bonds. The van der Waals surface area contributed by atoms with Gasteiger partial charge in [0.15, 0.2) is 0 Å². The van der Waals surface area contributed by atoms with Crippen LogP contribution < -0.4 is 9.47 Å². The monoisotopic (exact) mass is 378 g/mol. The predicted octanol–water partition coefficient (Wildman–Crippen LogP) is 4.15. The summed E-state index contributed by atoms with van der Waals surface area (Å²) in [5.41, 5.74) is 1.92. The third kappa shape index (κ3) is 4.12. The van der Waals surface area contributed by atoms with E-state index in [1.807, 2.05) is 0 Å². The van der Waals surface area contributed by atoms with Gasteiger partial charge in [-0.1, -0.05) is 0 Å². The van der Waals surface area contributed by atoms with Gasteiger partial charge < -0.3 is 19.7 Å². The average Bonchev–Trinajstić information content (AvgIpc) is 2.68. The van der Waals surface area contributed by atoms with Gasteiger partial charge in [0.05, 0.1) is 11.1 Å². The van der Waals surface area contributed by atoms with E-state index in [0.29, 0.717) is 33.8 Å². The van der Waals surface area contributed by atoms with E-state index in [2.05, 4.69) is 0 Å². The second-order valence-corrected chi connectivity index (χ2v) is 6.18. The van der Waals surface area contributed by atoms with Crippen LogP contribution in [0.2, 0.25) is 0 Å². The highest BCUT2D eigenvalue weighted by atomic mass is 16.5. The van der Waals surface area contributed by atoms with Gasteiger partial charge in [0.25, 0.3) is 0 Å². The Morgan fingerprint density at radius 1 is 0.607 bits per heavy atom. The maximum atomic E-state index is 12.3. The quantitative estimate of drug-likeness (QED) is 0.523. The number of rotatable bonds is 4. The van der Waals surface area contributed by atoms with Crippen molar-refractivity contribution >= 4 is 11.9 Å². The van der Waals surface area contributed by atoms with Crippen molar-refractivity contribution in [1.29, 1.82) is 0 Å². The Morgan fingerprint density at radius 2 is 0.929 bits per heavy atom. The van der Waals surface area contributed by atoms with Crippen LogP contribution in [0, 0.1) is 13.8 Å². The SMILES string of the molecule is Cc1c(OC(=O)c2ccc(O)cc2)ccc(OC(=O)c2ccc(O)cc2)c1C. The fourth-order valence-corrected chi connectivity index (χ4v) is 2.50. The van der Waals surface area contributed by atoms with Crippen LogP contribution in [-0.2, 0) is 0 Å². The summed E-state index contributed by atoms with van der Waals surface area (Å²) in [6.45, 7) is 3.51. The number of aromatic hydroxyl groups is 2. The summed E-state index contributed by atoms with van der Waals surface area (Å²) >= 11 is 0. The van der Waals surface area contributed by atoms with Gasteiger partial charge in [0, 0.05) is 0 Å². The summed E-state index contributed by atoms with van der Waals surface area (Å²) in [4.78, 5) is 24.5. The highest BCUT2D eigenvalue weighted by Gasteiger charge is 2.16. The number of benzene rings is 3. The number of phenols is 2. The van der Waals surface area contributed by atoms with Gasteiger partial charge in [-0.05, 0) is 85.6 Å². The fraction of sp³-hybridized carbons (Fsp3) is 0.0909. The van der Waals surface area contributed by atoms with Gasteiger partial charge in [0.1, 0.15) is 23.0 Å². The summed E-state index contributed by atoms with van der Waals surface area (Å²) in [7, 11) is 0. The summed E-state index contributed by atoms with van der Waals surface area (Å²) in [6.07, 6.45) is 0. The number of hydrogen-bond donors (Lipinski definition) is 2. The summed E-state index contributed by atoms with van der Waals surface area (Å²) in [6, 6.07) is 14.6. The van der Waals surface area contributed by atoms with Crippen LogP contribution in [-0.4, -0.2) is 22.2 Å². The van der Waals surface area contributed by atoms with Gasteiger partial charge in [-0.2, -0.15) is 0 Å². The third-order valence-corrected chi connectivity index (χ3v) is 4.30. The van der Waals surface area contributed by atoms with Crippen molar-refractivity contribution in [1.82, 2.24) is 0 Å². The van der Waals surface area contributed by atoms with Gasteiger partial charge in [-0.15, -0.1) is 0 Å². The zero-order chi connectivity index (χ0) is 20.3. The maximum Gasteiger partial charge on any atom is 0.343 e. The first-order valence-electron chi connectivity index (χ1n) is 8.48. The maximum absolute atomic E-state index is 12.3. The van der Waals surface area contributed by atoms with E-state index in [-0.39, 0.29) is 11.5 Å². The number of ether oxygens (including phenoxy) is 2. The zero-order valence-electron chi connectivity index (χ0n) is 15.3. The van der Waals surface area contributed by atoms with E-state index < -0.39 is 11.9 Å². The van der Waals surface area contributed by atoms with E-state index in [0.717, 1.165) is 0 Å². The van der Waals surface area contributed by atoms with Crippen LogP contribution in [0.1, 0.15) is 31.8 Å². The molecule has 0 aliphatic carbocycles. The topological polar surface area (TPSA) is 93.1 Å². The minimum atomic E-state index is -0.559. The standard InChI is InChI=1S/C22H18O6/c1-13-14(2)20(28-22(26)16-5-9-18(24)10-6-16)12-11-19(13)27-21(25)15-3-7-17(23)8-4-15/h3-12,23-24H,1-2H3. The van der Waals surface area contributed by atoms with Gasteiger partial charge in [0.2, 0.25) is 0 Å². The minimum Gasteiger partial charge on any atom is -0.508 e. The normalized spacial score (nSPS) is 10.4. The Morgan fingerprint density at radius 3 is 1.25 bits per heavy atom. The van der Waals surface area contributed by atoms with Crippen molar-refractivity contribution in [2.45, 2.75) is 13.8 Å². The molecule has 0 saturated carbocycles. The molecule has 0 aliphatic rings. The van der Waals surface area contributed by atoms with Gasteiger partial charge >= 0.3 is 11.9 Å². The molecule has 6 nitrogen and oxygen atoms in total. The summed E-state index contributed by atoms with van der Waals surface area (Å²) in [5.74, 6) is -0.306. The van der Waals surface area contributed by atoms with Crippen molar-refractivity contribution in [3.63, 3.8) is 0 Å². The lowest BCUT2D eigenvalue weighted by atomic mass is 10.1. The molecule has 0 unspecified atom stereocenters. The van der Waals surface area contributed by atoms with Crippen molar-refractivity contribution in [2.24, 2.45) is 0 Å². The summed E-state index contributed by atoms with van der Waals surface area (Å²) < 4.78 is 10.8. The van der Waals surface area contributed by atoms with E-state index in [4.69, 9.17) is 9.47 Å². The Bertz CT molecular complexity index is 936. The molecule has 28 heavy (non-hydrogen) atoms. The van der Waals surface area contributed by atoms with E-state index in [1.54, 1.807) is 26.0 Å². The lowest BCUT2D eigenvalue weighted by Crippen LogP contribution is -2.11. The Labute approximate surface area is 161 Å². The fourth-order valence-electron chi connectivity index (χ4n) is 2.50. The molecule has 0 aliphatic heterocycles. The second kappa shape index (κ2) is 7.84. The predicted molar refractivity (Wildman–Crippen MR) is 102 cm³/mol. The molecule has 0 saturated heterocycles. The first-order chi connectivity index (χ1) is 13.3. The zero-order valence-corrected chi connectivity index (χ0v) is 15.3. The van der Waals surface area contributed by atoms with Gasteiger partial charge in [-0.25, -0.2) is 9.59 Å². The van der Waals surface area contributed by atoms with E-state index in [1.165, 1.54) is 48.5 Å². The highest BCUT2D eigenvalue weighted by Crippen LogP contribution is 2.30. The molecule has 2 N–H and O–H groups in total. The smallest absolute Gasteiger partial charge is 0.343 e. The van der Waals surface area contributed by atoms with Crippen LogP contribution in [0.15, 0.2) is 60.7 Å². The average molecular weight is 378 g/mol. The lowest BCUT2D eigenvalue weighted by molar-refractivity contribution is 0.0717. The van der Waals surface area contributed by atoms with Crippen molar-refractivity contribution < 1.29 is 29.3 Å². The third-order valence-electron chi connectivity index (χ3n) is 4.30. The molecule has 142 valence electrons. The highest BCUT2D eigenvalue weighted by molar-refractivity contribution is 5.92. The molecule has 0 fully saturated rings. The molecule has 0 heterocycles. The van der Waals surface area contributed by atoms with Crippen molar-refractivity contribution in [3.05, 3.63) is 82.9 Å². The van der Waals surface area contributed by atoms with Gasteiger partial charge in [-0.3, -0.25) is 0 Å². The molecule has 0 aromatic heterocycles. The van der Waals surface area contributed by atoms with Crippen LogP contribution >= 0.6 is 0 Å². The van der Waals surface area contributed by atoms with E-state index >= 15 is 0 Å². The number of phenolic OH excluding ortho intramolecular Hbond substituents is 2. The first kappa shape index (κ1) is 19.0. The number of carbonyl (C=O) groups excluding carboxylic acids is 2. The molecule has 0 spiro atoms. The molecular formula is C22H18O6. The summed E-state index contributed by atoms with van der Waals surface area (Å²) in [5, 5.41) is 18.6. The van der Waals surface area contributed by atoms with Crippen LogP contribution in [0.4, 0.5) is 0 Å². The van der Waals surface area contributed by atoms with Crippen molar-refractivity contribution in [2.75, 3.05) is 0 Å². The molecule has 0 bridgehead atoms. The lowest BCUT2D eigenvalue weighted by Gasteiger charge is -2.13. The second-order valence-electron chi connectivity index (χ2n) is 6.18.